The maximum absolute atomic E-state index is 12.8. The highest BCUT2D eigenvalue weighted by molar-refractivity contribution is 6.21. The van der Waals surface area contributed by atoms with E-state index in [1.807, 2.05) is 30.3 Å². The number of nitrogens with zero attached hydrogens (tertiary/aromatic N) is 4. The Balaban J connectivity index is 1.49. The van der Waals surface area contributed by atoms with Crippen molar-refractivity contribution in [3.63, 3.8) is 0 Å². The number of pyridine rings is 1. The summed E-state index contributed by atoms with van der Waals surface area (Å²) >= 11 is 0. The molecule has 1 aromatic heterocycles. The predicted molar refractivity (Wildman–Crippen MR) is 94.3 cm³/mol. The van der Waals surface area contributed by atoms with Crippen molar-refractivity contribution in [2.45, 2.75) is 12.5 Å². The van der Waals surface area contributed by atoms with Gasteiger partial charge in [-0.25, -0.2) is 9.69 Å². The smallest absolute Gasteiger partial charge is 0.332 e. The van der Waals surface area contributed by atoms with Crippen LogP contribution in [-0.4, -0.2) is 58.3 Å². The van der Waals surface area contributed by atoms with Crippen LogP contribution >= 0.6 is 0 Å². The van der Waals surface area contributed by atoms with Gasteiger partial charge in [0.1, 0.15) is 6.04 Å². The summed E-state index contributed by atoms with van der Waals surface area (Å²) in [6.45, 7) is 1.02. The Morgan fingerprint density at radius 2 is 1.88 bits per heavy atom. The molecule has 26 heavy (non-hydrogen) atoms. The zero-order chi connectivity index (χ0) is 18.1. The number of piperazine rings is 1. The van der Waals surface area contributed by atoms with E-state index in [-0.39, 0.29) is 24.4 Å². The van der Waals surface area contributed by atoms with E-state index in [0.717, 1.165) is 10.5 Å². The van der Waals surface area contributed by atoms with Gasteiger partial charge >= 0.3 is 6.03 Å². The first-order chi connectivity index (χ1) is 12.6. The number of carbonyl (C=O) groups is 3. The van der Waals surface area contributed by atoms with Gasteiger partial charge in [-0.2, -0.15) is 0 Å². The molecule has 0 radical (unpaired) electrons. The van der Waals surface area contributed by atoms with E-state index in [1.54, 1.807) is 28.1 Å². The molecule has 2 saturated heterocycles. The van der Waals surface area contributed by atoms with Gasteiger partial charge in [0.25, 0.3) is 5.91 Å². The lowest BCUT2D eigenvalue weighted by Crippen LogP contribution is -2.55. The molecule has 1 aromatic carbocycles. The lowest BCUT2D eigenvalue weighted by atomic mass is 10.1. The van der Waals surface area contributed by atoms with Crippen LogP contribution in [0.5, 0.6) is 0 Å². The quantitative estimate of drug-likeness (QED) is 0.782. The molecule has 2 aliphatic rings. The van der Waals surface area contributed by atoms with E-state index in [0.29, 0.717) is 25.2 Å². The molecule has 2 aliphatic heterocycles. The summed E-state index contributed by atoms with van der Waals surface area (Å²) in [4.78, 5) is 46.3. The highest BCUT2D eigenvalue weighted by atomic mass is 16.2. The van der Waals surface area contributed by atoms with Gasteiger partial charge in [-0.15, -0.1) is 0 Å². The number of amides is 4. The van der Waals surface area contributed by atoms with Crippen LogP contribution in [0.1, 0.15) is 5.56 Å². The van der Waals surface area contributed by atoms with Gasteiger partial charge in [0.2, 0.25) is 5.91 Å². The Morgan fingerprint density at radius 3 is 2.62 bits per heavy atom. The molecular weight excluding hydrogens is 332 g/mol. The van der Waals surface area contributed by atoms with Crippen molar-refractivity contribution in [2.24, 2.45) is 0 Å². The first-order valence-corrected chi connectivity index (χ1v) is 8.51. The molecule has 1 unspecified atom stereocenters. The molecule has 3 heterocycles. The number of anilines is 1. The van der Waals surface area contributed by atoms with E-state index < -0.39 is 6.04 Å². The van der Waals surface area contributed by atoms with Crippen molar-refractivity contribution >= 4 is 23.5 Å². The fourth-order valence-electron chi connectivity index (χ4n) is 3.43. The Bertz CT molecular complexity index is 840. The Labute approximate surface area is 150 Å². The summed E-state index contributed by atoms with van der Waals surface area (Å²) in [5.74, 6) is -0.337. The Kier molecular flexibility index (Phi) is 4.12. The molecular formula is C19H18N4O3. The summed E-state index contributed by atoms with van der Waals surface area (Å²) < 4.78 is 0. The highest BCUT2D eigenvalue weighted by Gasteiger charge is 2.48. The largest absolute Gasteiger partial charge is 0.338 e. The van der Waals surface area contributed by atoms with Gasteiger partial charge in [-0.05, 0) is 17.7 Å². The zero-order valence-electron chi connectivity index (χ0n) is 14.1. The average Bonchev–Trinajstić information content (AvgIpc) is 2.93. The van der Waals surface area contributed by atoms with Crippen molar-refractivity contribution in [2.75, 3.05) is 24.5 Å². The van der Waals surface area contributed by atoms with Crippen molar-refractivity contribution in [3.8, 4) is 0 Å². The number of fused-ring (bicyclic) bond motifs is 1. The average molecular weight is 350 g/mol. The van der Waals surface area contributed by atoms with E-state index in [2.05, 4.69) is 4.98 Å². The van der Waals surface area contributed by atoms with Crippen LogP contribution in [0.2, 0.25) is 0 Å². The Morgan fingerprint density at radius 1 is 1.08 bits per heavy atom. The van der Waals surface area contributed by atoms with Gasteiger partial charge in [0, 0.05) is 19.3 Å². The van der Waals surface area contributed by atoms with Crippen LogP contribution in [0.4, 0.5) is 10.5 Å². The van der Waals surface area contributed by atoms with Gasteiger partial charge in [-0.3, -0.25) is 14.6 Å². The van der Waals surface area contributed by atoms with E-state index in [4.69, 9.17) is 0 Å². The van der Waals surface area contributed by atoms with E-state index in [1.165, 1.54) is 6.20 Å². The summed E-state index contributed by atoms with van der Waals surface area (Å²) in [5.41, 5.74) is 1.39. The molecule has 7 nitrogen and oxygen atoms in total. The number of hydrogen-bond donors (Lipinski definition) is 0. The topological polar surface area (TPSA) is 73.8 Å². The molecule has 4 amide bonds. The van der Waals surface area contributed by atoms with Crippen LogP contribution in [0, 0.1) is 0 Å². The SMILES string of the molecule is O=C(Cc1ccccc1)N1CCN2C(=O)N(c3cccnc3)C(=O)C2C1. The minimum absolute atomic E-state index is 0.0315. The first-order valence-electron chi connectivity index (χ1n) is 8.51. The second-order valence-corrected chi connectivity index (χ2v) is 6.38. The normalized spacial score (nSPS) is 19.7. The third-order valence-electron chi connectivity index (χ3n) is 4.78. The van der Waals surface area contributed by atoms with Crippen molar-refractivity contribution < 1.29 is 14.4 Å². The summed E-state index contributed by atoms with van der Waals surface area (Å²) in [6, 6.07) is 11.9. The predicted octanol–water partition coefficient (Wildman–Crippen LogP) is 1.30. The summed E-state index contributed by atoms with van der Waals surface area (Å²) in [7, 11) is 0. The minimum Gasteiger partial charge on any atom is -0.338 e. The molecule has 0 saturated carbocycles. The molecule has 2 aromatic rings. The molecule has 2 fully saturated rings. The Hall–Kier alpha value is -3.22. The highest BCUT2D eigenvalue weighted by Crippen LogP contribution is 2.27. The van der Waals surface area contributed by atoms with E-state index >= 15 is 0 Å². The lowest BCUT2D eigenvalue weighted by molar-refractivity contribution is -0.134. The third kappa shape index (κ3) is 2.81. The second-order valence-electron chi connectivity index (χ2n) is 6.38. The number of rotatable bonds is 3. The molecule has 132 valence electrons. The standard InChI is InChI=1S/C19H18N4O3/c24-17(11-14-5-2-1-3-6-14)21-9-10-22-16(13-21)18(25)23(19(22)26)15-7-4-8-20-12-15/h1-8,12,16H,9-11,13H2. The maximum atomic E-state index is 12.8. The molecule has 0 N–H and O–H groups in total. The molecule has 0 spiro atoms. The fourth-order valence-corrected chi connectivity index (χ4v) is 3.43. The number of hydrogen-bond acceptors (Lipinski definition) is 4. The third-order valence-corrected chi connectivity index (χ3v) is 4.78. The molecule has 0 bridgehead atoms. The minimum atomic E-state index is -0.629. The second kappa shape index (κ2) is 6.59. The van der Waals surface area contributed by atoms with Crippen LogP contribution < -0.4 is 4.90 Å². The van der Waals surface area contributed by atoms with E-state index in [9.17, 15) is 14.4 Å². The van der Waals surface area contributed by atoms with Crippen LogP contribution in [-0.2, 0) is 16.0 Å². The first kappa shape index (κ1) is 16.3. The maximum Gasteiger partial charge on any atom is 0.332 e. The van der Waals surface area contributed by atoms with Crippen LogP contribution in [0.25, 0.3) is 0 Å². The number of carbonyl (C=O) groups excluding carboxylic acids is 3. The zero-order valence-corrected chi connectivity index (χ0v) is 14.1. The van der Waals surface area contributed by atoms with Gasteiger partial charge in [-0.1, -0.05) is 30.3 Å². The molecule has 1 atom stereocenters. The van der Waals surface area contributed by atoms with Crippen molar-refractivity contribution in [1.82, 2.24) is 14.8 Å². The van der Waals surface area contributed by atoms with Gasteiger partial charge in [0.15, 0.2) is 0 Å². The fraction of sp³-hybridized carbons (Fsp3) is 0.263. The number of aromatic nitrogens is 1. The summed E-state index contributed by atoms with van der Waals surface area (Å²) in [6.07, 6.45) is 3.38. The molecule has 7 heteroatoms. The van der Waals surface area contributed by atoms with Gasteiger partial charge < -0.3 is 9.80 Å². The lowest BCUT2D eigenvalue weighted by Gasteiger charge is -2.35. The van der Waals surface area contributed by atoms with Crippen molar-refractivity contribution in [3.05, 3.63) is 60.4 Å². The number of benzene rings is 1. The van der Waals surface area contributed by atoms with Crippen LogP contribution in [0.15, 0.2) is 54.9 Å². The van der Waals surface area contributed by atoms with Gasteiger partial charge in [0.05, 0.1) is 24.8 Å². The van der Waals surface area contributed by atoms with Crippen molar-refractivity contribution in [1.29, 1.82) is 0 Å². The molecule has 4 rings (SSSR count). The number of urea groups is 1. The monoisotopic (exact) mass is 350 g/mol. The number of imide groups is 1. The van der Waals surface area contributed by atoms with Crippen LogP contribution in [0.3, 0.4) is 0 Å². The molecule has 0 aliphatic carbocycles. The summed E-state index contributed by atoms with van der Waals surface area (Å²) in [5, 5.41) is 0.